The first-order valence-electron chi connectivity index (χ1n) is 31.8. The van der Waals surface area contributed by atoms with Crippen LogP contribution < -0.4 is 0 Å². The summed E-state index contributed by atoms with van der Waals surface area (Å²) in [6.07, 6.45) is 32.3. The van der Waals surface area contributed by atoms with Crippen LogP contribution in [0.1, 0.15) is 292 Å². The molecule has 3 N–H and O–H groups in total. The van der Waals surface area contributed by atoms with E-state index in [-0.39, 0.29) is 25.7 Å². The van der Waals surface area contributed by atoms with Crippen molar-refractivity contribution in [3.05, 3.63) is 0 Å². The van der Waals surface area contributed by atoms with Crippen molar-refractivity contribution in [2.75, 3.05) is 39.6 Å². The summed E-state index contributed by atoms with van der Waals surface area (Å²) in [6.45, 7) is 11.6. The molecule has 0 fully saturated rings. The van der Waals surface area contributed by atoms with E-state index >= 15 is 0 Å². The zero-order chi connectivity index (χ0) is 59.5. The molecule has 0 aromatic carbocycles. The lowest BCUT2D eigenvalue weighted by molar-refractivity contribution is -0.161. The SMILES string of the molecule is CCCCCCCCCCCC(=O)OC[C@H](COP(=O)(O)OC[C@H](O)COP(=O)(O)OC[C@@H](COC(=O)CCCCCCCCCC(C)C)OC(=O)CCCCCCCCCCCC(C)C)OC(=O)CCCCCCCCC(C)C. The summed E-state index contributed by atoms with van der Waals surface area (Å²) >= 11 is 0. The smallest absolute Gasteiger partial charge is 0.462 e. The minimum Gasteiger partial charge on any atom is -0.462 e. The largest absolute Gasteiger partial charge is 0.472 e. The predicted octanol–water partition coefficient (Wildman–Crippen LogP) is 16.3. The van der Waals surface area contributed by atoms with Crippen molar-refractivity contribution in [1.82, 2.24) is 0 Å². The Bertz CT molecular complexity index is 1600. The Morgan fingerprint density at radius 2 is 0.575 bits per heavy atom. The van der Waals surface area contributed by atoms with Crippen LogP contribution in [0.15, 0.2) is 0 Å². The highest BCUT2D eigenvalue weighted by molar-refractivity contribution is 7.47. The molecule has 5 atom stereocenters. The highest BCUT2D eigenvalue weighted by atomic mass is 31.2. The summed E-state index contributed by atoms with van der Waals surface area (Å²) in [5.41, 5.74) is 0. The molecule has 0 saturated carbocycles. The molecular weight excluding hydrogens is 1070 g/mol. The summed E-state index contributed by atoms with van der Waals surface area (Å²) in [5, 5.41) is 10.5. The number of esters is 4. The van der Waals surface area contributed by atoms with Crippen molar-refractivity contribution in [3.63, 3.8) is 0 Å². The van der Waals surface area contributed by atoms with Gasteiger partial charge in [-0.25, -0.2) is 9.13 Å². The van der Waals surface area contributed by atoms with Crippen LogP contribution in [0, 0.1) is 17.8 Å². The maximum atomic E-state index is 12.9. The number of aliphatic hydroxyl groups excluding tert-OH is 1. The maximum absolute atomic E-state index is 12.9. The third-order valence-electron chi connectivity index (χ3n) is 13.9. The van der Waals surface area contributed by atoms with Gasteiger partial charge in [0.2, 0.25) is 0 Å². The molecule has 0 radical (unpaired) electrons. The topological polar surface area (TPSA) is 237 Å². The van der Waals surface area contributed by atoms with E-state index in [1.807, 2.05) is 0 Å². The van der Waals surface area contributed by atoms with Crippen molar-refractivity contribution >= 4 is 39.5 Å². The van der Waals surface area contributed by atoms with E-state index in [1.165, 1.54) is 96.3 Å². The lowest BCUT2D eigenvalue weighted by Crippen LogP contribution is -2.30. The quantitative estimate of drug-likeness (QED) is 0.0222. The zero-order valence-electron chi connectivity index (χ0n) is 51.5. The van der Waals surface area contributed by atoms with Gasteiger partial charge in [-0.2, -0.15) is 0 Å². The molecular formula is C61H118O17P2. The number of hydrogen-bond acceptors (Lipinski definition) is 15. The van der Waals surface area contributed by atoms with Crippen LogP contribution in [0.25, 0.3) is 0 Å². The molecule has 0 spiro atoms. The number of hydrogen-bond donors (Lipinski definition) is 3. The standard InChI is InChI=1S/C61H118O17P2/c1-8-9-10-11-12-14-20-28-35-42-58(63)71-49-57(78-61(66)45-38-31-24-23-27-34-41-54(6)7)51-76-80(69,70)74-47-55(62)46-73-79(67,68)75-50-56(48-72-59(64)43-36-29-22-17-19-26-33-40-53(4)5)77-60(65)44-37-30-21-16-13-15-18-25-32-39-52(2)3/h52-57,62H,8-51H2,1-7H3,(H,67,68)(H,69,70)/t55-,56-,57-/m1/s1. The molecule has 0 heterocycles. The fourth-order valence-corrected chi connectivity index (χ4v) is 10.5. The van der Waals surface area contributed by atoms with Gasteiger partial charge in [0.1, 0.15) is 19.3 Å². The van der Waals surface area contributed by atoms with Crippen LogP contribution in [0.4, 0.5) is 0 Å². The number of unbranched alkanes of at least 4 members (excludes halogenated alkanes) is 27. The number of phosphoric ester groups is 2. The van der Waals surface area contributed by atoms with Crippen LogP contribution in [0.5, 0.6) is 0 Å². The Hall–Kier alpha value is -1.94. The highest BCUT2D eigenvalue weighted by Crippen LogP contribution is 2.45. The Labute approximate surface area is 486 Å². The molecule has 0 aromatic heterocycles. The van der Waals surface area contributed by atoms with E-state index in [0.717, 1.165) is 102 Å². The summed E-state index contributed by atoms with van der Waals surface area (Å²) in [7, 11) is -9.88. The summed E-state index contributed by atoms with van der Waals surface area (Å²) in [4.78, 5) is 72.0. The van der Waals surface area contributed by atoms with Gasteiger partial charge >= 0.3 is 39.5 Å². The van der Waals surface area contributed by atoms with Crippen molar-refractivity contribution in [2.24, 2.45) is 17.8 Å². The van der Waals surface area contributed by atoms with Crippen molar-refractivity contribution in [1.29, 1.82) is 0 Å². The molecule has 0 bridgehead atoms. The minimum absolute atomic E-state index is 0.101. The van der Waals surface area contributed by atoms with Gasteiger partial charge < -0.3 is 33.8 Å². The molecule has 17 nitrogen and oxygen atoms in total. The average Bonchev–Trinajstić information content (AvgIpc) is 3.40. The van der Waals surface area contributed by atoms with Crippen LogP contribution in [0.2, 0.25) is 0 Å². The molecule has 0 aliphatic heterocycles. The highest BCUT2D eigenvalue weighted by Gasteiger charge is 2.30. The number of aliphatic hydroxyl groups is 1. The van der Waals surface area contributed by atoms with E-state index in [9.17, 15) is 43.2 Å². The van der Waals surface area contributed by atoms with Crippen LogP contribution in [-0.4, -0.2) is 96.7 Å². The van der Waals surface area contributed by atoms with Gasteiger partial charge in [0.05, 0.1) is 26.4 Å². The number of phosphoric acid groups is 2. The normalized spacial score (nSPS) is 14.5. The second-order valence-corrected chi connectivity index (χ2v) is 26.4. The molecule has 80 heavy (non-hydrogen) atoms. The zero-order valence-corrected chi connectivity index (χ0v) is 53.3. The maximum Gasteiger partial charge on any atom is 0.472 e. The van der Waals surface area contributed by atoms with Gasteiger partial charge in [0.25, 0.3) is 0 Å². The minimum atomic E-state index is -4.94. The van der Waals surface area contributed by atoms with E-state index < -0.39 is 97.5 Å². The molecule has 0 rings (SSSR count). The van der Waals surface area contributed by atoms with Gasteiger partial charge in [-0.1, -0.05) is 241 Å². The lowest BCUT2D eigenvalue weighted by atomic mass is 10.0. The monoisotopic (exact) mass is 1180 g/mol. The molecule has 0 aliphatic rings. The number of ether oxygens (including phenoxy) is 4. The summed E-state index contributed by atoms with van der Waals surface area (Å²) in [5.74, 6) is -0.0351. The number of carbonyl (C=O) groups is 4. The molecule has 19 heteroatoms. The van der Waals surface area contributed by atoms with Gasteiger partial charge in [-0.05, 0) is 43.4 Å². The number of carbonyl (C=O) groups excluding carboxylic acids is 4. The van der Waals surface area contributed by atoms with Gasteiger partial charge in [-0.3, -0.25) is 37.3 Å². The second-order valence-electron chi connectivity index (χ2n) is 23.5. The first-order valence-corrected chi connectivity index (χ1v) is 34.8. The third-order valence-corrected chi connectivity index (χ3v) is 15.8. The first kappa shape index (κ1) is 78.1. The van der Waals surface area contributed by atoms with Crippen molar-refractivity contribution in [3.8, 4) is 0 Å². The Morgan fingerprint density at radius 1 is 0.338 bits per heavy atom. The van der Waals surface area contributed by atoms with Gasteiger partial charge in [-0.15, -0.1) is 0 Å². The van der Waals surface area contributed by atoms with Crippen LogP contribution in [-0.2, 0) is 65.4 Å². The fourth-order valence-electron chi connectivity index (χ4n) is 8.95. The molecule has 2 unspecified atom stereocenters. The molecule has 0 amide bonds. The molecule has 474 valence electrons. The fraction of sp³-hybridized carbons (Fsp3) is 0.934. The predicted molar refractivity (Wildman–Crippen MR) is 317 cm³/mol. The van der Waals surface area contributed by atoms with Crippen LogP contribution in [0.3, 0.4) is 0 Å². The Balaban J connectivity index is 5.24. The van der Waals surface area contributed by atoms with E-state index in [0.29, 0.717) is 37.5 Å². The van der Waals surface area contributed by atoms with Crippen LogP contribution >= 0.6 is 15.6 Å². The number of rotatable bonds is 59. The molecule has 0 aromatic rings. The van der Waals surface area contributed by atoms with Crippen molar-refractivity contribution < 1.29 is 80.2 Å². The summed E-state index contributed by atoms with van der Waals surface area (Å²) < 4.78 is 67.8. The molecule has 0 saturated heterocycles. The second kappa shape index (κ2) is 52.6. The van der Waals surface area contributed by atoms with E-state index in [4.69, 9.17) is 37.0 Å². The van der Waals surface area contributed by atoms with Gasteiger partial charge in [0.15, 0.2) is 12.2 Å². The average molecular weight is 1190 g/mol. The van der Waals surface area contributed by atoms with E-state index in [2.05, 4.69) is 48.5 Å². The Kier molecular flexibility index (Phi) is 51.3. The van der Waals surface area contributed by atoms with Crippen molar-refractivity contribution in [2.45, 2.75) is 311 Å². The van der Waals surface area contributed by atoms with E-state index in [1.54, 1.807) is 0 Å². The lowest BCUT2D eigenvalue weighted by Gasteiger charge is -2.21. The Morgan fingerprint density at radius 3 is 0.850 bits per heavy atom. The third kappa shape index (κ3) is 55.3. The van der Waals surface area contributed by atoms with Gasteiger partial charge in [0, 0.05) is 25.7 Å². The molecule has 0 aliphatic carbocycles. The first-order chi connectivity index (χ1) is 38.2. The summed E-state index contributed by atoms with van der Waals surface area (Å²) in [6, 6.07) is 0.